The molecule has 0 saturated carbocycles. The number of rotatable bonds is 5. The van der Waals surface area contributed by atoms with Crippen LogP contribution in [0.4, 0.5) is 5.82 Å². The van der Waals surface area contributed by atoms with E-state index < -0.39 is 0 Å². The maximum Gasteiger partial charge on any atom is 0.283 e. The van der Waals surface area contributed by atoms with E-state index in [9.17, 15) is 4.79 Å². The van der Waals surface area contributed by atoms with Gasteiger partial charge in [0.25, 0.3) is 5.91 Å². The lowest BCUT2D eigenvalue weighted by Crippen LogP contribution is -2.22. The number of thiophene rings is 1. The Kier molecular flexibility index (Phi) is 5.37. The fraction of sp³-hybridized carbons (Fsp3) is 0.333. The molecule has 1 aromatic carbocycles. The van der Waals surface area contributed by atoms with Gasteiger partial charge in [0.2, 0.25) is 0 Å². The molecule has 2 aromatic heterocycles. The van der Waals surface area contributed by atoms with Gasteiger partial charge in [0.1, 0.15) is 19.0 Å². The van der Waals surface area contributed by atoms with Crippen molar-refractivity contribution in [2.24, 2.45) is 0 Å². The van der Waals surface area contributed by atoms with E-state index in [1.54, 1.807) is 12.1 Å². The molecule has 156 valence electrons. The zero-order valence-corrected chi connectivity index (χ0v) is 17.8. The summed E-state index contributed by atoms with van der Waals surface area (Å²) in [5.74, 6) is 1.44. The number of ether oxygens (including phenoxy) is 2. The van der Waals surface area contributed by atoms with Crippen molar-refractivity contribution in [3.63, 3.8) is 0 Å². The van der Waals surface area contributed by atoms with Crippen molar-refractivity contribution in [1.82, 2.24) is 15.1 Å². The van der Waals surface area contributed by atoms with Crippen LogP contribution in [0, 0.1) is 0 Å². The molecular formula is C21H21ClN4O3S. The quantitative estimate of drug-likeness (QED) is 0.617. The van der Waals surface area contributed by atoms with Gasteiger partial charge in [-0.05, 0) is 43.7 Å². The first-order valence-corrected chi connectivity index (χ1v) is 11.1. The van der Waals surface area contributed by atoms with Crippen LogP contribution >= 0.6 is 22.9 Å². The van der Waals surface area contributed by atoms with Gasteiger partial charge in [0, 0.05) is 10.9 Å². The Morgan fingerprint density at radius 1 is 1.30 bits per heavy atom. The van der Waals surface area contributed by atoms with Crippen molar-refractivity contribution in [1.29, 1.82) is 0 Å². The highest BCUT2D eigenvalue weighted by atomic mass is 35.5. The Balaban J connectivity index is 1.48. The number of fused-ring (bicyclic) bond motifs is 1. The molecule has 5 rings (SSSR count). The smallest absolute Gasteiger partial charge is 0.283 e. The second-order valence-corrected chi connectivity index (χ2v) is 9.01. The van der Waals surface area contributed by atoms with Crippen LogP contribution < -0.4 is 20.1 Å². The van der Waals surface area contributed by atoms with Crippen molar-refractivity contribution in [3.05, 3.63) is 56.9 Å². The predicted octanol–water partition coefficient (Wildman–Crippen LogP) is 4.09. The molecule has 0 spiro atoms. The summed E-state index contributed by atoms with van der Waals surface area (Å²) in [6.45, 7) is 2.40. The first-order chi connectivity index (χ1) is 14.7. The summed E-state index contributed by atoms with van der Waals surface area (Å²) in [4.78, 5) is 14.5. The second kappa shape index (κ2) is 8.29. The molecule has 9 heteroatoms. The lowest BCUT2D eigenvalue weighted by molar-refractivity contribution is 0.0935. The van der Waals surface area contributed by atoms with E-state index in [4.69, 9.17) is 21.1 Å². The number of hydrogen-bond donors (Lipinski definition) is 2. The third-order valence-electron chi connectivity index (χ3n) is 5.21. The number of hydrogen-bond acceptors (Lipinski definition) is 7. The fourth-order valence-electron chi connectivity index (χ4n) is 3.77. The summed E-state index contributed by atoms with van der Waals surface area (Å²) in [6, 6.07) is 11.3. The van der Waals surface area contributed by atoms with E-state index in [1.165, 1.54) is 16.0 Å². The molecular weight excluding hydrogens is 424 g/mol. The third kappa shape index (κ3) is 3.78. The monoisotopic (exact) mass is 444 g/mol. The average molecular weight is 445 g/mol. The molecule has 0 amide bonds. The SMILES string of the molecule is O=C(c1cccc2c1OCCO2)n1nc(C2CCCN2)cc1NCc1ccc(Cl)s1. The lowest BCUT2D eigenvalue weighted by atomic mass is 10.1. The largest absolute Gasteiger partial charge is 0.486 e. The van der Waals surface area contributed by atoms with Crippen LogP contribution in [0.3, 0.4) is 0 Å². The normalized spacial score (nSPS) is 17.8. The Morgan fingerprint density at radius 2 is 2.20 bits per heavy atom. The summed E-state index contributed by atoms with van der Waals surface area (Å²) in [6.07, 6.45) is 2.10. The molecule has 2 aliphatic rings. The van der Waals surface area contributed by atoms with Gasteiger partial charge in [-0.3, -0.25) is 4.79 Å². The summed E-state index contributed by atoms with van der Waals surface area (Å²) in [7, 11) is 0. The fourth-order valence-corrected chi connectivity index (χ4v) is 4.80. The van der Waals surface area contributed by atoms with Crippen molar-refractivity contribution in [2.45, 2.75) is 25.4 Å². The number of para-hydroxylation sites is 1. The summed E-state index contributed by atoms with van der Waals surface area (Å²) < 4.78 is 13.5. The van der Waals surface area contributed by atoms with Crippen LogP contribution in [-0.2, 0) is 6.54 Å². The molecule has 1 fully saturated rings. The topological polar surface area (TPSA) is 77.4 Å². The maximum absolute atomic E-state index is 13.5. The first-order valence-electron chi connectivity index (χ1n) is 9.94. The van der Waals surface area contributed by atoms with Crippen LogP contribution in [0.2, 0.25) is 4.34 Å². The van der Waals surface area contributed by atoms with Gasteiger partial charge in [0.15, 0.2) is 11.5 Å². The van der Waals surface area contributed by atoms with E-state index in [0.717, 1.165) is 34.3 Å². The highest BCUT2D eigenvalue weighted by Gasteiger charge is 2.27. The Bertz CT molecular complexity index is 1070. The van der Waals surface area contributed by atoms with Crippen LogP contribution in [-0.4, -0.2) is 35.4 Å². The molecule has 30 heavy (non-hydrogen) atoms. The minimum Gasteiger partial charge on any atom is -0.486 e. The van der Waals surface area contributed by atoms with E-state index >= 15 is 0 Å². The molecule has 2 N–H and O–H groups in total. The van der Waals surface area contributed by atoms with E-state index in [2.05, 4.69) is 15.7 Å². The van der Waals surface area contributed by atoms with Crippen LogP contribution in [0.1, 0.15) is 39.8 Å². The zero-order chi connectivity index (χ0) is 20.5. The van der Waals surface area contributed by atoms with Gasteiger partial charge in [-0.2, -0.15) is 9.78 Å². The molecule has 2 aliphatic heterocycles. The highest BCUT2D eigenvalue weighted by molar-refractivity contribution is 7.16. The Morgan fingerprint density at radius 3 is 3.00 bits per heavy atom. The van der Waals surface area contributed by atoms with Gasteiger partial charge in [-0.15, -0.1) is 11.3 Å². The molecule has 1 saturated heterocycles. The molecule has 1 atom stereocenters. The number of halogens is 1. The van der Waals surface area contributed by atoms with Crippen molar-refractivity contribution in [3.8, 4) is 11.5 Å². The van der Waals surface area contributed by atoms with E-state index in [-0.39, 0.29) is 11.9 Å². The molecule has 7 nitrogen and oxygen atoms in total. The number of carbonyl (C=O) groups is 1. The number of nitrogens with one attached hydrogen (secondary N) is 2. The highest BCUT2D eigenvalue weighted by Crippen LogP contribution is 2.35. The van der Waals surface area contributed by atoms with Gasteiger partial charge in [-0.25, -0.2) is 0 Å². The van der Waals surface area contributed by atoms with Crippen molar-refractivity contribution < 1.29 is 14.3 Å². The van der Waals surface area contributed by atoms with Gasteiger partial charge in [-0.1, -0.05) is 17.7 Å². The number of aromatic nitrogens is 2. The molecule has 1 unspecified atom stereocenters. The maximum atomic E-state index is 13.5. The minimum absolute atomic E-state index is 0.153. The second-order valence-electron chi connectivity index (χ2n) is 7.21. The molecule has 0 bridgehead atoms. The van der Waals surface area contributed by atoms with E-state index in [0.29, 0.717) is 42.6 Å². The third-order valence-corrected chi connectivity index (χ3v) is 6.44. The predicted molar refractivity (Wildman–Crippen MR) is 116 cm³/mol. The molecule has 3 aromatic rings. The summed E-state index contributed by atoms with van der Waals surface area (Å²) in [5, 5.41) is 11.5. The van der Waals surface area contributed by atoms with Crippen LogP contribution in [0.25, 0.3) is 0 Å². The minimum atomic E-state index is -0.256. The number of nitrogens with zero attached hydrogens (tertiary/aromatic N) is 2. The summed E-state index contributed by atoms with van der Waals surface area (Å²) >= 11 is 7.55. The number of benzene rings is 1. The number of carbonyl (C=O) groups excluding carboxylic acids is 1. The van der Waals surface area contributed by atoms with E-state index in [1.807, 2.05) is 24.3 Å². The molecule has 0 aliphatic carbocycles. The van der Waals surface area contributed by atoms with Crippen LogP contribution in [0.5, 0.6) is 11.5 Å². The van der Waals surface area contributed by atoms with Crippen molar-refractivity contribution in [2.75, 3.05) is 25.1 Å². The Labute approximate surface area is 182 Å². The molecule has 0 radical (unpaired) electrons. The lowest BCUT2D eigenvalue weighted by Gasteiger charge is -2.20. The van der Waals surface area contributed by atoms with Gasteiger partial charge in [0.05, 0.1) is 28.2 Å². The Hall–Kier alpha value is -2.55. The average Bonchev–Trinajstić information content (AvgIpc) is 3.52. The zero-order valence-electron chi connectivity index (χ0n) is 16.2. The number of anilines is 1. The molecule has 4 heterocycles. The van der Waals surface area contributed by atoms with Gasteiger partial charge < -0.3 is 20.1 Å². The van der Waals surface area contributed by atoms with Crippen LogP contribution in [0.15, 0.2) is 36.4 Å². The summed E-state index contributed by atoms with van der Waals surface area (Å²) in [5.41, 5.74) is 1.29. The first kappa shape index (κ1) is 19.4. The van der Waals surface area contributed by atoms with Crippen molar-refractivity contribution >= 4 is 34.7 Å². The van der Waals surface area contributed by atoms with Gasteiger partial charge >= 0.3 is 0 Å². The standard InChI is InChI=1S/C21H21ClN4O3S/c22-18-7-6-13(30-18)12-24-19-11-16(15-4-2-8-23-15)25-26(19)21(27)14-3-1-5-17-20(14)29-10-9-28-17/h1,3,5-7,11,15,23-24H,2,4,8-10,12H2.